The molecule has 2 aromatic carbocycles. The molecule has 27 heavy (non-hydrogen) atoms. The van der Waals surface area contributed by atoms with E-state index in [-0.39, 0.29) is 6.04 Å². The molecule has 0 aliphatic carbocycles. The van der Waals surface area contributed by atoms with Gasteiger partial charge in [0.05, 0.1) is 31.7 Å². The molecule has 0 N–H and O–H groups in total. The molecule has 0 fully saturated rings. The minimum Gasteiger partial charge on any atom is -0.493 e. The van der Waals surface area contributed by atoms with Crippen molar-refractivity contribution in [2.24, 2.45) is 5.10 Å². The number of aryl methyl sites for hydroxylation is 1. The average Bonchev–Trinajstić information content (AvgIpc) is 3.34. The second-order valence-electron chi connectivity index (χ2n) is 6.36. The third-order valence-corrected chi connectivity index (χ3v) is 5.56. The van der Waals surface area contributed by atoms with E-state index in [0.717, 1.165) is 45.6 Å². The summed E-state index contributed by atoms with van der Waals surface area (Å²) in [5.74, 6) is 1.44. The highest BCUT2D eigenvalue weighted by Crippen LogP contribution is 2.40. The Morgan fingerprint density at radius 2 is 1.81 bits per heavy atom. The third-order valence-electron chi connectivity index (χ3n) is 4.61. The zero-order chi connectivity index (χ0) is 18.8. The number of hydrogen-bond donors (Lipinski definition) is 0. The first-order chi connectivity index (χ1) is 13.2. The van der Waals surface area contributed by atoms with Crippen LogP contribution in [0, 0.1) is 6.92 Å². The van der Waals surface area contributed by atoms with Crippen LogP contribution in [0.4, 0.5) is 5.13 Å². The van der Waals surface area contributed by atoms with Gasteiger partial charge in [0.25, 0.3) is 0 Å². The van der Waals surface area contributed by atoms with E-state index < -0.39 is 0 Å². The van der Waals surface area contributed by atoms with E-state index in [0.29, 0.717) is 0 Å². The molecule has 0 saturated heterocycles. The molecular formula is C21H21N3O2S. The van der Waals surface area contributed by atoms with Crippen molar-refractivity contribution in [3.8, 4) is 11.5 Å². The lowest BCUT2D eigenvalue weighted by molar-refractivity contribution is 0.354. The van der Waals surface area contributed by atoms with Crippen molar-refractivity contribution >= 4 is 22.2 Å². The number of hydrazone groups is 1. The summed E-state index contributed by atoms with van der Waals surface area (Å²) < 4.78 is 10.9. The standard InChI is InChI=1S/C21H21N3O2S/c1-14-13-27-21(22-14)24-18(12-17(23-24)15-7-5-4-6-8-15)16-9-10-19(25-2)20(11-16)26-3/h4-11,13,18H,12H2,1-3H3/t18-/m1/s1. The van der Waals surface area contributed by atoms with Gasteiger partial charge in [-0.25, -0.2) is 9.99 Å². The van der Waals surface area contributed by atoms with E-state index in [1.165, 1.54) is 0 Å². The Morgan fingerprint density at radius 1 is 1.04 bits per heavy atom. The van der Waals surface area contributed by atoms with Gasteiger partial charge in [-0.05, 0) is 30.2 Å². The first kappa shape index (κ1) is 17.5. The van der Waals surface area contributed by atoms with Crippen LogP contribution in [-0.4, -0.2) is 24.9 Å². The van der Waals surface area contributed by atoms with Crippen molar-refractivity contribution in [3.05, 3.63) is 70.7 Å². The molecule has 0 spiro atoms. The SMILES string of the molecule is COc1ccc([C@H]2CC(c3ccccc3)=NN2c2nc(C)cs2)cc1OC. The zero-order valence-corrected chi connectivity index (χ0v) is 16.4. The molecule has 1 aromatic heterocycles. The van der Waals surface area contributed by atoms with Crippen molar-refractivity contribution in [2.45, 2.75) is 19.4 Å². The number of nitrogens with zero attached hydrogens (tertiary/aromatic N) is 3. The molecule has 6 heteroatoms. The van der Waals surface area contributed by atoms with Crippen molar-refractivity contribution in [1.82, 2.24) is 4.98 Å². The summed E-state index contributed by atoms with van der Waals surface area (Å²) in [6.45, 7) is 2.00. The van der Waals surface area contributed by atoms with Crippen LogP contribution < -0.4 is 14.5 Å². The smallest absolute Gasteiger partial charge is 0.206 e. The van der Waals surface area contributed by atoms with Crippen LogP contribution in [0.25, 0.3) is 0 Å². The van der Waals surface area contributed by atoms with Gasteiger partial charge in [0.2, 0.25) is 5.13 Å². The summed E-state index contributed by atoms with van der Waals surface area (Å²) in [6, 6.07) is 16.4. The number of thiazole rings is 1. The molecule has 5 nitrogen and oxygen atoms in total. The molecule has 0 bridgehead atoms. The fourth-order valence-corrected chi connectivity index (χ4v) is 4.06. The van der Waals surface area contributed by atoms with Gasteiger partial charge in [-0.3, -0.25) is 0 Å². The molecular weight excluding hydrogens is 358 g/mol. The predicted molar refractivity (Wildman–Crippen MR) is 109 cm³/mol. The molecule has 0 saturated carbocycles. The van der Waals surface area contributed by atoms with E-state index in [9.17, 15) is 0 Å². The predicted octanol–water partition coefficient (Wildman–Crippen LogP) is 4.82. The van der Waals surface area contributed by atoms with Crippen LogP contribution in [-0.2, 0) is 0 Å². The average molecular weight is 379 g/mol. The van der Waals surface area contributed by atoms with Gasteiger partial charge in [0.15, 0.2) is 11.5 Å². The molecule has 138 valence electrons. The van der Waals surface area contributed by atoms with Crippen molar-refractivity contribution in [1.29, 1.82) is 0 Å². The van der Waals surface area contributed by atoms with Gasteiger partial charge in [-0.1, -0.05) is 36.4 Å². The van der Waals surface area contributed by atoms with Gasteiger partial charge in [-0.15, -0.1) is 11.3 Å². The lowest BCUT2D eigenvalue weighted by Crippen LogP contribution is -2.18. The fourth-order valence-electron chi connectivity index (χ4n) is 3.26. The van der Waals surface area contributed by atoms with Gasteiger partial charge < -0.3 is 9.47 Å². The maximum Gasteiger partial charge on any atom is 0.206 e. The number of anilines is 1. The molecule has 0 radical (unpaired) electrons. The Morgan fingerprint density at radius 3 is 2.48 bits per heavy atom. The molecule has 4 rings (SSSR count). The second-order valence-corrected chi connectivity index (χ2v) is 7.20. The molecule has 0 amide bonds. The molecule has 1 aliphatic heterocycles. The quantitative estimate of drug-likeness (QED) is 0.637. The number of hydrogen-bond acceptors (Lipinski definition) is 6. The maximum atomic E-state index is 5.50. The van der Waals surface area contributed by atoms with E-state index in [1.54, 1.807) is 25.6 Å². The number of ether oxygens (including phenoxy) is 2. The molecule has 0 unspecified atom stereocenters. The number of rotatable bonds is 5. The van der Waals surface area contributed by atoms with Crippen LogP contribution in [0.3, 0.4) is 0 Å². The third kappa shape index (κ3) is 3.40. The van der Waals surface area contributed by atoms with Gasteiger partial charge >= 0.3 is 0 Å². The van der Waals surface area contributed by atoms with E-state index in [2.05, 4.69) is 28.6 Å². The van der Waals surface area contributed by atoms with Crippen molar-refractivity contribution in [3.63, 3.8) is 0 Å². The Kier molecular flexibility index (Phi) is 4.81. The fraction of sp³-hybridized carbons (Fsp3) is 0.238. The number of methoxy groups -OCH3 is 2. The summed E-state index contributed by atoms with van der Waals surface area (Å²) in [6.07, 6.45) is 0.804. The topological polar surface area (TPSA) is 47.0 Å². The van der Waals surface area contributed by atoms with Gasteiger partial charge in [0.1, 0.15) is 0 Å². The Hall–Kier alpha value is -2.86. The lowest BCUT2D eigenvalue weighted by atomic mass is 9.98. The van der Waals surface area contributed by atoms with Crippen LogP contribution in [0.2, 0.25) is 0 Å². The van der Waals surface area contributed by atoms with Crippen molar-refractivity contribution < 1.29 is 9.47 Å². The normalized spacial score (nSPS) is 16.3. The summed E-state index contributed by atoms with van der Waals surface area (Å²) >= 11 is 1.61. The highest BCUT2D eigenvalue weighted by molar-refractivity contribution is 7.13. The van der Waals surface area contributed by atoms with E-state index >= 15 is 0 Å². The van der Waals surface area contributed by atoms with Gasteiger partial charge in [-0.2, -0.15) is 5.10 Å². The summed E-state index contributed by atoms with van der Waals surface area (Å²) in [7, 11) is 3.30. The van der Waals surface area contributed by atoms with Crippen LogP contribution in [0.15, 0.2) is 59.0 Å². The maximum absolute atomic E-state index is 5.50. The van der Waals surface area contributed by atoms with Gasteiger partial charge in [0, 0.05) is 11.8 Å². The Bertz CT molecular complexity index is 969. The first-order valence-corrected chi connectivity index (χ1v) is 9.63. The minimum atomic E-state index is 0.0607. The number of benzene rings is 2. The van der Waals surface area contributed by atoms with Crippen LogP contribution in [0.1, 0.15) is 29.3 Å². The minimum absolute atomic E-state index is 0.0607. The molecule has 3 aromatic rings. The highest BCUT2D eigenvalue weighted by atomic mass is 32.1. The van der Waals surface area contributed by atoms with Crippen molar-refractivity contribution in [2.75, 3.05) is 19.2 Å². The van der Waals surface area contributed by atoms with E-state index in [1.807, 2.05) is 42.3 Å². The van der Waals surface area contributed by atoms with Crippen LogP contribution >= 0.6 is 11.3 Å². The second kappa shape index (κ2) is 7.40. The summed E-state index contributed by atoms with van der Waals surface area (Å²) in [5.41, 5.74) is 4.32. The largest absolute Gasteiger partial charge is 0.493 e. The molecule has 1 aliphatic rings. The summed E-state index contributed by atoms with van der Waals surface area (Å²) in [5, 5.41) is 9.91. The summed E-state index contributed by atoms with van der Waals surface area (Å²) in [4.78, 5) is 4.65. The van der Waals surface area contributed by atoms with E-state index in [4.69, 9.17) is 14.6 Å². The Labute approximate surface area is 162 Å². The molecule has 1 atom stereocenters. The first-order valence-electron chi connectivity index (χ1n) is 8.76. The zero-order valence-electron chi connectivity index (χ0n) is 15.5. The Balaban J connectivity index is 1.75. The number of aromatic nitrogens is 1. The lowest BCUT2D eigenvalue weighted by Gasteiger charge is -2.22. The van der Waals surface area contributed by atoms with Crippen LogP contribution in [0.5, 0.6) is 11.5 Å². The molecule has 2 heterocycles. The monoisotopic (exact) mass is 379 g/mol. The highest BCUT2D eigenvalue weighted by Gasteiger charge is 2.32.